The lowest BCUT2D eigenvalue weighted by molar-refractivity contribution is 0.210. The van der Waals surface area contributed by atoms with Crippen LogP contribution >= 0.6 is 0 Å². The van der Waals surface area contributed by atoms with Gasteiger partial charge in [-0.15, -0.1) is 0 Å². The molecule has 0 aliphatic rings. The summed E-state index contributed by atoms with van der Waals surface area (Å²) in [7, 11) is 2.11. The van der Waals surface area contributed by atoms with Gasteiger partial charge in [-0.25, -0.2) is 0 Å². The molecule has 20 heavy (non-hydrogen) atoms. The maximum atomic E-state index is 5.92. The van der Waals surface area contributed by atoms with Gasteiger partial charge in [-0.1, -0.05) is 30.3 Å². The van der Waals surface area contributed by atoms with Crippen LogP contribution in [0.3, 0.4) is 0 Å². The van der Waals surface area contributed by atoms with Gasteiger partial charge in [0.15, 0.2) is 0 Å². The van der Waals surface area contributed by atoms with E-state index in [2.05, 4.69) is 42.3 Å². The minimum atomic E-state index is 0.376. The number of hydrogen-bond donors (Lipinski definition) is 1. The van der Waals surface area contributed by atoms with Crippen molar-refractivity contribution < 1.29 is 4.42 Å². The van der Waals surface area contributed by atoms with Gasteiger partial charge in [0.2, 0.25) is 0 Å². The van der Waals surface area contributed by atoms with E-state index in [4.69, 9.17) is 10.2 Å². The average Bonchev–Trinajstić information content (AvgIpc) is 2.86. The summed E-state index contributed by atoms with van der Waals surface area (Å²) in [5, 5.41) is 0. The molecule has 0 amide bonds. The largest absolute Gasteiger partial charge is 0.465 e. The summed E-state index contributed by atoms with van der Waals surface area (Å²) in [6.45, 7) is 3.45. The van der Waals surface area contributed by atoms with Gasteiger partial charge in [0.25, 0.3) is 0 Å². The molecular weight excluding hydrogens is 248 g/mol. The smallest absolute Gasteiger partial charge is 0.118 e. The number of benzene rings is 1. The zero-order valence-electron chi connectivity index (χ0n) is 12.4. The van der Waals surface area contributed by atoms with Crippen molar-refractivity contribution in [2.75, 3.05) is 13.6 Å². The van der Waals surface area contributed by atoms with Crippen LogP contribution in [0.4, 0.5) is 0 Å². The molecule has 0 bridgehead atoms. The van der Waals surface area contributed by atoms with E-state index in [1.807, 2.05) is 19.1 Å². The van der Waals surface area contributed by atoms with Crippen LogP contribution in [0.15, 0.2) is 46.9 Å². The molecular formula is C17H24N2O. The van der Waals surface area contributed by atoms with Gasteiger partial charge in [-0.05, 0) is 44.5 Å². The van der Waals surface area contributed by atoms with E-state index in [0.717, 1.165) is 30.9 Å². The Balaban J connectivity index is 1.87. The predicted octanol–water partition coefficient (Wildman–Crippen LogP) is 2.98. The highest BCUT2D eigenvalue weighted by molar-refractivity contribution is 5.14. The van der Waals surface area contributed by atoms with Crippen molar-refractivity contribution in [3.05, 3.63) is 59.5 Å². The van der Waals surface area contributed by atoms with Crippen molar-refractivity contribution in [3.8, 4) is 0 Å². The van der Waals surface area contributed by atoms with Gasteiger partial charge >= 0.3 is 0 Å². The SMILES string of the molecule is Cc1ccc(CN(C)C(CN)CCc2ccccc2)o1. The van der Waals surface area contributed by atoms with Gasteiger partial charge in [0.1, 0.15) is 11.5 Å². The minimum Gasteiger partial charge on any atom is -0.465 e. The third-order valence-corrected chi connectivity index (χ3v) is 3.71. The standard InChI is InChI=1S/C17H24N2O/c1-14-8-11-17(20-14)13-19(2)16(12-18)10-9-15-6-4-3-5-7-15/h3-8,11,16H,9-10,12-13,18H2,1-2H3. The second-order valence-electron chi connectivity index (χ2n) is 5.34. The molecule has 0 saturated carbocycles. The van der Waals surface area contributed by atoms with Gasteiger partial charge < -0.3 is 10.2 Å². The first kappa shape index (κ1) is 14.8. The monoisotopic (exact) mass is 272 g/mol. The van der Waals surface area contributed by atoms with E-state index in [-0.39, 0.29) is 0 Å². The summed E-state index contributed by atoms with van der Waals surface area (Å²) in [5.74, 6) is 1.96. The third-order valence-electron chi connectivity index (χ3n) is 3.71. The number of nitrogens with two attached hydrogens (primary N) is 1. The molecule has 0 saturated heterocycles. The summed E-state index contributed by atoms with van der Waals surface area (Å²) < 4.78 is 5.63. The molecule has 0 aliphatic carbocycles. The highest BCUT2D eigenvalue weighted by Crippen LogP contribution is 2.13. The Morgan fingerprint density at radius 1 is 1.15 bits per heavy atom. The first-order valence-corrected chi connectivity index (χ1v) is 7.18. The molecule has 2 rings (SSSR count). The van der Waals surface area contributed by atoms with E-state index in [1.54, 1.807) is 0 Å². The molecule has 3 nitrogen and oxygen atoms in total. The van der Waals surface area contributed by atoms with Gasteiger partial charge in [0.05, 0.1) is 6.54 Å². The van der Waals surface area contributed by atoms with Crippen LogP contribution in [0.25, 0.3) is 0 Å². The topological polar surface area (TPSA) is 42.4 Å². The quantitative estimate of drug-likeness (QED) is 0.842. The van der Waals surface area contributed by atoms with E-state index < -0.39 is 0 Å². The Labute approximate surface area is 121 Å². The summed E-state index contributed by atoms with van der Waals surface area (Å²) in [6, 6.07) is 15.0. The van der Waals surface area contributed by atoms with E-state index in [0.29, 0.717) is 12.6 Å². The Kier molecular flexibility index (Phi) is 5.39. The summed E-state index contributed by atoms with van der Waals surface area (Å²) in [6.07, 6.45) is 2.13. The van der Waals surface area contributed by atoms with Crippen molar-refractivity contribution in [2.45, 2.75) is 32.4 Å². The molecule has 0 aliphatic heterocycles. The molecule has 108 valence electrons. The lowest BCUT2D eigenvalue weighted by Crippen LogP contribution is -2.37. The average molecular weight is 272 g/mol. The third kappa shape index (κ3) is 4.22. The highest BCUT2D eigenvalue weighted by Gasteiger charge is 2.14. The molecule has 2 N–H and O–H groups in total. The van der Waals surface area contributed by atoms with Crippen LogP contribution in [0.5, 0.6) is 0 Å². The van der Waals surface area contributed by atoms with Crippen LogP contribution in [-0.4, -0.2) is 24.5 Å². The number of aryl methyl sites for hydroxylation is 2. The molecule has 1 atom stereocenters. The maximum absolute atomic E-state index is 5.92. The highest BCUT2D eigenvalue weighted by atomic mass is 16.3. The second kappa shape index (κ2) is 7.27. The first-order valence-electron chi connectivity index (χ1n) is 7.18. The summed E-state index contributed by atoms with van der Waals surface area (Å²) in [4.78, 5) is 2.28. The Morgan fingerprint density at radius 3 is 2.50 bits per heavy atom. The van der Waals surface area contributed by atoms with Gasteiger partial charge in [-0.3, -0.25) is 4.90 Å². The summed E-state index contributed by atoms with van der Waals surface area (Å²) in [5.41, 5.74) is 7.29. The molecule has 1 heterocycles. The Bertz CT molecular complexity index is 507. The molecule has 2 aromatic rings. The number of likely N-dealkylation sites (N-methyl/N-ethyl adjacent to an activating group) is 1. The zero-order valence-corrected chi connectivity index (χ0v) is 12.4. The van der Waals surface area contributed by atoms with Crippen LogP contribution < -0.4 is 5.73 Å². The number of nitrogens with zero attached hydrogens (tertiary/aromatic N) is 1. The molecule has 0 radical (unpaired) electrons. The maximum Gasteiger partial charge on any atom is 0.118 e. The predicted molar refractivity (Wildman–Crippen MR) is 82.5 cm³/mol. The second-order valence-corrected chi connectivity index (χ2v) is 5.34. The van der Waals surface area contributed by atoms with Gasteiger partial charge in [-0.2, -0.15) is 0 Å². The fourth-order valence-corrected chi connectivity index (χ4v) is 2.44. The van der Waals surface area contributed by atoms with E-state index in [1.165, 1.54) is 5.56 Å². The fourth-order valence-electron chi connectivity index (χ4n) is 2.44. The first-order chi connectivity index (χ1) is 9.69. The molecule has 3 heteroatoms. The lowest BCUT2D eigenvalue weighted by atomic mass is 10.0. The van der Waals surface area contributed by atoms with Crippen molar-refractivity contribution in [1.29, 1.82) is 0 Å². The molecule has 0 fully saturated rings. The van der Waals surface area contributed by atoms with Crippen molar-refractivity contribution in [3.63, 3.8) is 0 Å². The van der Waals surface area contributed by atoms with Crippen LogP contribution in [-0.2, 0) is 13.0 Å². The van der Waals surface area contributed by atoms with Crippen LogP contribution in [0.2, 0.25) is 0 Å². The van der Waals surface area contributed by atoms with Crippen molar-refractivity contribution in [1.82, 2.24) is 4.90 Å². The zero-order chi connectivity index (χ0) is 14.4. The normalized spacial score (nSPS) is 12.8. The van der Waals surface area contributed by atoms with Crippen LogP contribution in [0, 0.1) is 6.92 Å². The minimum absolute atomic E-state index is 0.376. The van der Waals surface area contributed by atoms with Crippen molar-refractivity contribution in [2.24, 2.45) is 5.73 Å². The van der Waals surface area contributed by atoms with Crippen LogP contribution in [0.1, 0.15) is 23.5 Å². The van der Waals surface area contributed by atoms with E-state index in [9.17, 15) is 0 Å². The van der Waals surface area contributed by atoms with E-state index >= 15 is 0 Å². The Morgan fingerprint density at radius 2 is 1.90 bits per heavy atom. The molecule has 1 aromatic carbocycles. The fraction of sp³-hybridized carbons (Fsp3) is 0.412. The molecule has 0 spiro atoms. The lowest BCUT2D eigenvalue weighted by Gasteiger charge is -2.26. The van der Waals surface area contributed by atoms with Crippen molar-refractivity contribution >= 4 is 0 Å². The molecule has 1 unspecified atom stereocenters. The Hall–Kier alpha value is -1.58. The summed E-state index contributed by atoms with van der Waals surface area (Å²) >= 11 is 0. The van der Waals surface area contributed by atoms with Gasteiger partial charge in [0, 0.05) is 12.6 Å². The molecule has 1 aromatic heterocycles. The number of furan rings is 1. The number of rotatable bonds is 7. The number of hydrogen-bond acceptors (Lipinski definition) is 3.